The van der Waals surface area contributed by atoms with Crippen LogP contribution in [0, 0.1) is 0 Å². The fourth-order valence-corrected chi connectivity index (χ4v) is 1.54. The van der Waals surface area contributed by atoms with Crippen LogP contribution in [-0.2, 0) is 9.59 Å². The normalized spacial score (nSPS) is 9.83. The average Bonchev–Trinajstić information content (AvgIpc) is 2.38. The van der Waals surface area contributed by atoms with Gasteiger partial charge in [0, 0.05) is 18.8 Å². The van der Waals surface area contributed by atoms with E-state index in [1.54, 1.807) is 0 Å². The maximum Gasteiger partial charge on any atom is 0.305 e. The number of carboxylic acids is 1. The number of amides is 1. The van der Waals surface area contributed by atoms with E-state index >= 15 is 0 Å². The van der Waals surface area contributed by atoms with Crippen molar-refractivity contribution in [2.24, 2.45) is 0 Å². The molecule has 1 amide bonds. The molecular formula is C13H18N2O3. The largest absolute Gasteiger partial charge is 0.481 e. The summed E-state index contributed by atoms with van der Waals surface area (Å²) in [6.45, 7) is 2.78. The van der Waals surface area contributed by atoms with Gasteiger partial charge in [0.15, 0.2) is 0 Å². The molecule has 1 aromatic rings. The molecule has 0 radical (unpaired) electrons. The zero-order valence-electron chi connectivity index (χ0n) is 10.4. The van der Waals surface area contributed by atoms with Crippen LogP contribution in [-0.4, -0.2) is 41.5 Å². The summed E-state index contributed by atoms with van der Waals surface area (Å²) in [5, 5.41) is 11.6. The first-order valence-corrected chi connectivity index (χ1v) is 5.92. The lowest BCUT2D eigenvalue weighted by molar-refractivity contribution is -0.138. The molecule has 0 saturated carbocycles. The molecule has 0 unspecified atom stereocenters. The Morgan fingerprint density at radius 3 is 2.50 bits per heavy atom. The van der Waals surface area contributed by atoms with E-state index in [1.807, 2.05) is 37.3 Å². The van der Waals surface area contributed by atoms with Crippen LogP contribution in [0.2, 0.25) is 0 Å². The molecule has 0 aliphatic rings. The van der Waals surface area contributed by atoms with Gasteiger partial charge in [-0.15, -0.1) is 0 Å². The van der Waals surface area contributed by atoms with Gasteiger partial charge in [-0.25, -0.2) is 0 Å². The molecule has 0 heterocycles. The Morgan fingerprint density at radius 2 is 1.94 bits per heavy atom. The van der Waals surface area contributed by atoms with Gasteiger partial charge < -0.3 is 15.3 Å². The summed E-state index contributed by atoms with van der Waals surface area (Å²) >= 11 is 0. The minimum absolute atomic E-state index is 0.0229. The highest BCUT2D eigenvalue weighted by molar-refractivity contribution is 5.81. The van der Waals surface area contributed by atoms with E-state index in [0.29, 0.717) is 6.54 Å². The fraction of sp³-hybridized carbons (Fsp3) is 0.385. The van der Waals surface area contributed by atoms with Gasteiger partial charge in [0.2, 0.25) is 5.91 Å². The molecule has 98 valence electrons. The molecule has 0 aliphatic carbocycles. The molecule has 5 nitrogen and oxygen atoms in total. The van der Waals surface area contributed by atoms with Gasteiger partial charge in [0.1, 0.15) is 0 Å². The lowest BCUT2D eigenvalue weighted by Crippen LogP contribution is -2.36. The highest BCUT2D eigenvalue weighted by atomic mass is 16.4. The molecule has 0 spiro atoms. The van der Waals surface area contributed by atoms with E-state index < -0.39 is 5.97 Å². The number of carbonyl (C=O) groups is 2. The molecule has 18 heavy (non-hydrogen) atoms. The summed E-state index contributed by atoms with van der Waals surface area (Å²) in [5.41, 5.74) is 0.875. The predicted octanol–water partition coefficient (Wildman–Crippen LogP) is 1.42. The van der Waals surface area contributed by atoms with E-state index in [4.69, 9.17) is 5.11 Å². The van der Waals surface area contributed by atoms with Crippen molar-refractivity contribution in [1.29, 1.82) is 0 Å². The number of carboxylic acid groups (broad SMARTS) is 1. The number of hydrogen-bond acceptors (Lipinski definition) is 3. The smallest absolute Gasteiger partial charge is 0.305 e. The molecule has 0 bridgehead atoms. The summed E-state index contributed by atoms with van der Waals surface area (Å²) < 4.78 is 0. The standard InChI is InChI=1S/C13H18N2O3/c1-2-15(9-8-13(17)18)12(16)10-14-11-6-4-3-5-7-11/h3-7,14H,2,8-10H2,1H3,(H,17,18). The second kappa shape index (κ2) is 7.32. The molecule has 5 heteroatoms. The third kappa shape index (κ3) is 4.86. The second-order valence-electron chi connectivity index (χ2n) is 3.84. The van der Waals surface area contributed by atoms with Crippen molar-refractivity contribution >= 4 is 17.6 Å². The zero-order valence-corrected chi connectivity index (χ0v) is 10.4. The SMILES string of the molecule is CCN(CCC(=O)O)C(=O)CNc1ccccc1. The van der Waals surface area contributed by atoms with Crippen LogP contribution < -0.4 is 5.32 Å². The van der Waals surface area contributed by atoms with E-state index in [1.165, 1.54) is 4.90 Å². The van der Waals surface area contributed by atoms with Gasteiger partial charge in [-0.1, -0.05) is 18.2 Å². The number of nitrogens with zero attached hydrogens (tertiary/aromatic N) is 1. The van der Waals surface area contributed by atoms with E-state index in [9.17, 15) is 9.59 Å². The highest BCUT2D eigenvalue weighted by Gasteiger charge is 2.12. The molecule has 1 aromatic carbocycles. The van der Waals surface area contributed by atoms with Crippen molar-refractivity contribution in [3.8, 4) is 0 Å². The number of hydrogen-bond donors (Lipinski definition) is 2. The maximum absolute atomic E-state index is 11.8. The van der Waals surface area contributed by atoms with Gasteiger partial charge in [-0.05, 0) is 19.1 Å². The van der Waals surface area contributed by atoms with Crippen molar-refractivity contribution in [3.63, 3.8) is 0 Å². The Morgan fingerprint density at radius 1 is 1.28 bits per heavy atom. The molecule has 1 rings (SSSR count). The van der Waals surface area contributed by atoms with Crippen molar-refractivity contribution in [2.75, 3.05) is 25.0 Å². The maximum atomic E-state index is 11.8. The summed E-state index contributed by atoms with van der Waals surface area (Å²) in [6.07, 6.45) is -0.0229. The van der Waals surface area contributed by atoms with Crippen LogP contribution in [0.5, 0.6) is 0 Å². The second-order valence-corrected chi connectivity index (χ2v) is 3.84. The Labute approximate surface area is 106 Å². The van der Waals surface area contributed by atoms with Crippen molar-refractivity contribution < 1.29 is 14.7 Å². The Kier molecular flexibility index (Phi) is 5.70. The van der Waals surface area contributed by atoms with Crippen molar-refractivity contribution in [2.45, 2.75) is 13.3 Å². The van der Waals surface area contributed by atoms with Crippen LogP contribution in [0.15, 0.2) is 30.3 Å². The van der Waals surface area contributed by atoms with Crippen LogP contribution >= 0.6 is 0 Å². The van der Waals surface area contributed by atoms with E-state index in [2.05, 4.69) is 5.32 Å². The summed E-state index contributed by atoms with van der Waals surface area (Å²) in [5.74, 6) is -0.986. The number of aliphatic carboxylic acids is 1. The third-order valence-corrected chi connectivity index (χ3v) is 2.55. The van der Waals surface area contributed by atoms with Crippen LogP contribution in [0.4, 0.5) is 5.69 Å². The number of carbonyl (C=O) groups excluding carboxylic acids is 1. The van der Waals surface area contributed by atoms with Crippen molar-refractivity contribution in [3.05, 3.63) is 30.3 Å². The monoisotopic (exact) mass is 250 g/mol. The first kappa shape index (κ1) is 14.0. The molecule has 2 N–H and O–H groups in total. The summed E-state index contributed by atoms with van der Waals surface area (Å²) in [4.78, 5) is 23.8. The van der Waals surface area contributed by atoms with Gasteiger partial charge in [-0.2, -0.15) is 0 Å². The number of rotatable bonds is 7. The van der Waals surface area contributed by atoms with Gasteiger partial charge in [0.05, 0.1) is 13.0 Å². The van der Waals surface area contributed by atoms with Gasteiger partial charge in [-0.3, -0.25) is 9.59 Å². The average molecular weight is 250 g/mol. The molecule has 0 aromatic heterocycles. The summed E-state index contributed by atoms with van der Waals surface area (Å²) in [7, 11) is 0. The van der Waals surface area contributed by atoms with E-state index in [0.717, 1.165) is 5.69 Å². The van der Waals surface area contributed by atoms with Crippen LogP contribution in [0.25, 0.3) is 0 Å². The first-order chi connectivity index (χ1) is 8.63. The van der Waals surface area contributed by atoms with Crippen LogP contribution in [0.1, 0.15) is 13.3 Å². The third-order valence-electron chi connectivity index (χ3n) is 2.55. The molecule has 0 aliphatic heterocycles. The zero-order chi connectivity index (χ0) is 13.4. The lowest BCUT2D eigenvalue weighted by Gasteiger charge is -2.20. The topological polar surface area (TPSA) is 69.6 Å². The van der Waals surface area contributed by atoms with Gasteiger partial charge in [0.25, 0.3) is 0 Å². The Hall–Kier alpha value is -2.04. The number of likely N-dealkylation sites (N-methyl/N-ethyl adjacent to an activating group) is 1. The quantitative estimate of drug-likeness (QED) is 0.768. The Balaban J connectivity index is 2.40. The predicted molar refractivity (Wildman–Crippen MR) is 69.4 cm³/mol. The van der Waals surface area contributed by atoms with E-state index in [-0.39, 0.29) is 25.4 Å². The number of para-hydroxylation sites is 1. The van der Waals surface area contributed by atoms with Gasteiger partial charge >= 0.3 is 5.97 Å². The lowest BCUT2D eigenvalue weighted by atomic mass is 10.3. The molecule has 0 atom stereocenters. The highest BCUT2D eigenvalue weighted by Crippen LogP contribution is 2.04. The minimum Gasteiger partial charge on any atom is -0.481 e. The van der Waals surface area contributed by atoms with Crippen molar-refractivity contribution in [1.82, 2.24) is 4.90 Å². The molecule has 0 fully saturated rings. The van der Waals surface area contributed by atoms with Crippen LogP contribution in [0.3, 0.4) is 0 Å². The summed E-state index contributed by atoms with van der Waals surface area (Å²) in [6, 6.07) is 9.42. The molecule has 0 saturated heterocycles. The number of nitrogens with one attached hydrogen (secondary N) is 1. The molecular weight excluding hydrogens is 232 g/mol. The number of anilines is 1. The minimum atomic E-state index is -0.891. The fourth-order valence-electron chi connectivity index (χ4n) is 1.54. The first-order valence-electron chi connectivity index (χ1n) is 5.92. The Bertz CT molecular complexity index is 392. The number of benzene rings is 1.